The fourth-order valence-corrected chi connectivity index (χ4v) is 3.66. The zero-order valence-corrected chi connectivity index (χ0v) is 15.6. The molecule has 1 saturated carbocycles. The molecule has 6 nitrogen and oxygen atoms in total. The molecular formula is C20H16FN5OS. The Morgan fingerprint density at radius 3 is 2.82 bits per heavy atom. The quantitative estimate of drug-likeness (QED) is 0.640. The van der Waals surface area contributed by atoms with Crippen molar-refractivity contribution in [3.8, 4) is 17.5 Å². The van der Waals surface area contributed by atoms with Gasteiger partial charge in [0.1, 0.15) is 5.82 Å². The van der Waals surface area contributed by atoms with Crippen LogP contribution >= 0.6 is 11.8 Å². The molecule has 28 heavy (non-hydrogen) atoms. The van der Waals surface area contributed by atoms with Crippen LogP contribution in [-0.4, -0.2) is 26.4 Å². The van der Waals surface area contributed by atoms with Crippen LogP contribution in [0.4, 0.5) is 10.1 Å². The van der Waals surface area contributed by atoms with Crippen LogP contribution < -0.4 is 5.32 Å². The van der Waals surface area contributed by atoms with Crippen LogP contribution in [0.5, 0.6) is 0 Å². The van der Waals surface area contributed by atoms with Crippen molar-refractivity contribution in [3.05, 3.63) is 59.9 Å². The lowest BCUT2D eigenvalue weighted by atomic mass is 10.2. The number of hydrogen-bond donors (Lipinski definition) is 1. The fraction of sp³-hybridized carbons (Fsp3) is 0.200. The van der Waals surface area contributed by atoms with E-state index in [4.69, 9.17) is 5.26 Å². The number of aromatic nitrogens is 3. The highest BCUT2D eigenvalue weighted by Gasteiger charge is 2.31. The molecule has 0 spiro atoms. The Balaban J connectivity index is 1.49. The third-order valence-electron chi connectivity index (χ3n) is 4.30. The summed E-state index contributed by atoms with van der Waals surface area (Å²) in [6, 6.07) is 15.5. The standard InChI is InChI=1S/C20H16FN5OS/c21-17-7-2-1-6-16(17)19-24-25-20(26(19)15-8-9-15)28-12-18(27)23-14-5-3-4-13(10-14)11-22/h1-7,10,15H,8-9,12H2,(H,23,27). The number of anilines is 1. The Morgan fingerprint density at radius 2 is 2.07 bits per heavy atom. The van der Waals surface area contributed by atoms with Gasteiger partial charge in [0.25, 0.3) is 0 Å². The van der Waals surface area contributed by atoms with E-state index in [1.165, 1.54) is 17.8 Å². The number of benzene rings is 2. The van der Waals surface area contributed by atoms with Crippen molar-refractivity contribution >= 4 is 23.4 Å². The summed E-state index contributed by atoms with van der Waals surface area (Å²) in [6.07, 6.45) is 1.97. The van der Waals surface area contributed by atoms with Gasteiger partial charge in [-0.2, -0.15) is 5.26 Å². The van der Waals surface area contributed by atoms with Crippen LogP contribution in [0.25, 0.3) is 11.4 Å². The number of nitrogens with zero attached hydrogens (tertiary/aromatic N) is 4. The second-order valence-corrected chi connectivity index (χ2v) is 7.36. The zero-order chi connectivity index (χ0) is 19.5. The molecule has 1 aliphatic rings. The van der Waals surface area contributed by atoms with E-state index >= 15 is 0 Å². The van der Waals surface area contributed by atoms with Crippen molar-refractivity contribution in [2.75, 3.05) is 11.1 Å². The zero-order valence-electron chi connectivity index (χ0n) is 14.8. The highest BCUT2D eigenvalue weighted by molar-refractivity contribution is 7.99. The largest absolute Gasteiger partial charge is 0.325 e. The summed E-state index contributed by atoms with van der Waals surface area (Å²) in [4.78, 5) is 12.3. The van der Waals surface area contributed by atoms with Crippen LogP contribution in [0.3, 0.4) is 0 Å². The van der Waals surface area contributed by atoms with Gasteiger partial charge in [-0.3, -0.25) is 9.36 Å². The van der Waals surface area contributed by atoms with E-state index in [1.54, 1.807) is 42.5 Å². The Bertz CT molecular complexity index is 1070. The van der Waals surface area contributed by atoms with Gasteiger partial charge in [0.2, 0.25) is 5.91 Å². The molecule has 0 radical (unpaired) electrons. The first-order chi connectivity index (χ1) is 13.7. The monoisotopic (exact) mass is 393 g/mol. The summed E-state index contributed by atoms with van der Waals surface area (Å²) in [5, 5.41) is 20.7. The van der Waals surface area contributed by atoms with Crippen LogP contribution in [0, 0.1) is 17.1 Å². The number of nitrogens with one attached hydrogen (secondary N) is 1. The van der Waals surface area contributed by atoms with Crippen molar-refractivity contribution in [2.45, 2.75) is 24.0 Å². The van der Waals surface area contributed by atoms with E-state index < -0.39 is 0 Å². The molecule has 140 valence electrons. The Kier molecular flexibility index (Phi) is 5.08. The molecule has 1 amide bonds. The molecule has 0 bridgehead atoms. The van der Waals surface area contributed by atoms with Gasteiger partial charge in [-0.15, -0.1) is 10.2 Å². The lowest BCUT2D eigenvalue weighted by Crippen LogP contribution is -2.14. The molecule has 8 heteroatoms. The smallest absolute Gasteiger partial charge is 0.234 e. The SMILES string of the molecule is N#Cc1cccc(NC(=O)CSc2nnc(-c3ccccc3F)n2C2CC2)c1. The first kappa shape index (κ1) is 18.2. The second-order valence-electron chi connectivity index (χ2n) is 6.42. The molecule has 0 aliphatic heterocycles. The van der Waals surface area contributed by atoms with Crippen molar-refractivity contribution in [3.63, 3.8) is 0 Å². The predicted octanol–water partition coefficient (Wildman–Crippen LogP) is 4.02. The predicted molar refractivity (Wildman–Crippen MR) is 104 cm³/mol. The molecule has 1 fully saturated rings. The van der Waals surface area contributed by atoms with Gasteiger partial charge in [0.05, 0.1) is 22.9 Å². The minimum Gasteiger partial charge on any atom is -0.325 e. The molecule has 0 saturated heterocycles. The van der Waals surface area contributed by atoms with E-state index in [0.717, 1.165) is 12.8 Å². The molecular weight excluding hydrogens is 377 g/mol. The van der Waals surface area contributed by atoms with Gasteiger partial charge >= 0.3 is 0 Å². The molecule has 4 rings (SSSR count). The molecule has 2 aromatic carbocycles. The molecule has 1 aliphatic carbocycles. The summed E-state index contributed by atoms with van der Waals surface area (Å²) >= 11 is 1.26. The lowest BCUT2D eigenvalue weighted by Gasteiger charge is -2.09. The molecule has 0 unspecified atom stereocenters. The molecule has 3 aromatic rings. The third kappa shape index (κ3) is 3.89. The first-order valence-corrected chi connectivity index (χ1v) is 9.77. The van der Waals surface area contributed by atoms with Crippen molar-refractivity contribution < 1.29 is 9.18 Å². The van der Waals surface area contributed by atoms with E-state index in [9.17, 15) is 9.18 Å². The number of hydrogen-bond acceptors (Lipinski definition) is 5. The number of rotatable bonds is 6. The highest BCUT2D eigenvalue weighted by atomic mass is 32.2. The van der Waals surface area contributed by atoms with E-state index in [2.05, 4.69) is 15.5 Å². The van der Waals surface area contributed by atoms with Crippen LogP contribution in [0.1, 0.15) is 24.4 Å². The summed E-state index contributed by atoms with van der Waals surface area (Å²) in [5.41, 5.74) is 1.46. The Morgan fingerprint density at radius 1 is 1.25 bits per heavy atom. The van der Waals surface area contributed by atoms with Gasteiger partial charge in [-0.05, 0) is 43.2 Å². The lowest BCUT2D eigenvalue weighted by molar-refractivity contribution is -0.113. The molecule has 0 atom stereocenters. The number of nitriles is 1. The van der Waals surface area contributed by atoms with Crippen molar-refractivity contribution in [2.24, 2.45) is 0 Å². The first-order valence-electron chi connectivity index (χ1n) is 8.78. The number of thioether (sulfide) groups is 1. The van der Waals surface area contributed by atoms with Gasteiger partial charge in [0, 0.05) is 11.7 Å². The van der Waals surface area contributed by atoms with Gasteiger partial charge < -0.3 is 5.32 Å². The Labute approximate surface area is 165 Å². The summed E-state index contributed by atoms with van der Waals surface area (Å²) in [5.74, 6) is 0.0744. The van der Waals surface area contributed by atoms with Crippen LogP contribution in [0.2, 0.25) is 0 Å². The van der Waals surface area contributed by atoms with Crippen LogP contribution in [-0.2, 0) is 4.79 Å². The van der Waals surface area contributed by atoms with Crippen LogP contribution in [0.15, 0.2) is 53.7 Å². The van der Waals surface area contributed by atoms with E-state index in [1.807, 2.05) is 10.6 Å². The topological polar surface area (TPSA) is 83.6 Å². The molecule has 1 aromatic heterocycles. The van der Waals surface area contributed by atoms with Gasteiger partial charge in [-0.25, -0.2) is 4.39 Å². The van der Waals surface area contributed by atoms with Gasteiger partial charge in [-0.1, -0.05) is 30.0 Å². The average Bonchev–Trinajstić information content (AvgIpc) is 3.46. The Hall–Kier alpha value is -3.18. The number of carbonyl (C=O) groups excluding carboxylic acids is 1. The number of carbonyl (C=O) groups is 1. The maximum absolute atomic E-state index is 14.2. The molecule has 1 N–H and O–H groups in total. The minimum atomic E-state index is -0.344. The maximum atomic E-state index is 14.2. The summed E-state index contributed by atoms with van der Waals surface area (Å²) in [6.45, 7) is 0. The van der Waals surface area contributed by atoms with Crippen molar-refractivity contribution in [1.29, 1.82) is 5.26 Å². The molecule has 1 heterocycles. The normalized spacial score (nSPS) is 13.1. The minimum absolute atomic E-state index is 0.138. The second kappa shape index (κ2) is 7.82. The maximum Gasteiger partial charge on any atom is 0.234 e. The van der Waals surface area contributed by atoms with Gasteiger partial charge in [0.15, 0.2) is 11.0 Å². The fourth-order valence-electron chi connectivity index (χ4n) is 2.86. The van der Waals surface area contributed by atoms with E-state index in [0.29, 0.717) is 27.8 Å². The highest BCUT2D eigenvalue weighted by Crippen LogP contribution is 2.41. The number of halogens is 1. The van der Waals surface area contributed by atoms with E-state index in [-0.39, 0.29) is 23.5 Å². The summed E-state index contributed by atoms with van der Waals surface area (Å²) in [7, 11) is 0. The van der Waals surface area contributed by atoms with Crippen molar-refractivity contribution in [1.82, 2.24) is 14.8 Å². The number of amides is 1. The average molecular weight is 393 g/mol. The third-order valence-corrected chi connectivity index (χ3v) is 5.24. The summed E-state index contributed by atoms with van der Waals surface area (Å²) < 4.78 is 16.1.